The van der Waals surface area contributed by atoms with E-state index in [1.165, 1.54) is 30.3 Å². The molecule has 1 nitrogen and oxygen atoms in total. The van der Waals surface area contributed by atoms with Gasteiger partial charge in [0.15, 0.2) is 0 Å². The number of aromatic nitrogens is 1. The number of rotatable bonds is 2. The second-order valence-electron chi connectivity index (χ2n) is 2.92. The summed E-state index contributed by atoms with van der Waals surface area (Å²) in [5, 5.41) is 0. The van der Waals surface area contributed by atoms with Gasteiger partial charge in [0.1, 0.15) is 5.82 Å². The van der Waals surface area contributed by atoms with E-state index in [2.05, 4.69) is 4.37 Å². The lowest BCUT2D eigenvalue weighted by atomic mass is 10.1. The molecule has 1 aromatic carbocycles. The smallest absolute Gasteiger partial charge is 0.207 e. The standard InChI is InChI=1S/C10H6F3NS/c11-7-3-1-6(2-4-7)8-5-9(10(12)13)15-14-8/h1-5,10H. The number of hydrogen-bond donors (Lipinski definition) is 0. The fraction of sp³-hybridized carbons (Fsp3) is 0.100. The van der Waals surface area contributed by atoms with E-state index in [4.69, 9.17) is 0 Å². The molecule has 0 aliphatic heterocycles. The Morgan fingerprint density at radius 2 is 1.80 bits per heavy atom. The zero-order valence-corrected chi connectivity index (χ0v) is 8.27. The molecule has 0 fully saturated rings. The Kier molecular flexibility index (Phi) is 2.73. The molecular formula is C10H6F3NS. The van der Waals surface area contributed by atoms with Crippen molar-refractivity contribution in [1.29, 1.82) is 0 Å². The van der Waals surface area contributed by atoms with E-state index in [1.54, 1.807) is 0 Å². The summed E-state index contributed by atoms with van der Waals surface area (Å²) in [6.45, 7) is 0. The maximum atomic E-state index is 12.6. The van der Waals surface area contributed by atoms with Gasteiger partial charge in [-0.2, -0.15) is 4.37 Å². The van der Waals surface area contributed by atoms with Crippen molar-refractivity contribution in [3.63, 3.8) is 0 Å². The third-order valence-electron chi connectivity index (χ3n) is 1.88. The predicted molar refractivity (Wildman–Crippen MR) is 52.5 cm³/mol. The molecule has 0 saturated heterocycles. The summed E-state index contributed by atoms with van der Waals surface area (Å²) >= 11 is 0.763. The molecule has 0 radical (unpaired) electrons. The van der Waals surface area contributed by atoms with Crippen LogP contribution in [0.3, 0.4) is 0 Å². The molecule has 1 heterocycles. The van der Waals surface area contributed by atoms with Crippen LogP contribution in [0.2, 0.25) is 0 Å². The second kappa shape index (κ2) is 4.02. The molecular weight excluding hydrogens is 223 g/mol. The average Bonchev–Trinajstić information content (AvgIpc) is 2.68. The minimum atomic E-state index is -2.50. The maximum absolute atomic E-state index is 12.6. The Balaban J connectivity index is 2.33. The van der Waals surface area contributed by atoms with Gasteiger partial charge in [-0.3, -0.25) is 0 Å². The van der Waals surface area contributed by atoms with Crippen LogP contribution in [0.25, 0.3) is 11.3 Å². The first-order valence-corrected chi connectivity index (χ1v) is 4.95. The number of nitrogens with zero attached hydrogens (tertiary/aromatic N) is 1. The minimum Gasteiger partial charge on any atom is -0.207 e. The highest BCUT2D eigenvalue weighted by Gasteiger charge is 2.12. The zero-order valence-electron chi connectivity index (χ0n) is 7.45. The molecule has 0 saturated carbocycles. The molecule has 0 aliphatic rings. The molecule has 1 aromatic heterocycles. The van der Waals surface area contributed by atoms with Crippen molar-refractivity contribution in [2.75, 3.05) is 0 Å². The Bertz CT molecular complexity index is 450. The lowest BCUT2D eigenvalue weighted by Crippen LogP contribution is -1.78. The summed E-state index contributed by atoms with van der Waals surface area (Å²) in [6.07, 6.45) is -2.50. The molecule has 0 bridgehead atoms. The van der Waals surface area contributed by atoms with Crippen molar-refractivity contribution >= 4 is 11.5 Å². The Labute approximate surface area is 88.4 Å². The molecule has 0 N–H and O–H groups in total. The molecule has 2 rings (SSSR count). The van der Waals surface area contributed by atoms with Crippen molar-refractivity contribution in [1.82, 2.24) is 4.37 Å². The van der Waals surface area contributed by atoms with Crippen molar-refractivity contribution in [2.45, 2.75) is 6.43 Å². The van der Waals surface area contributed by atoms with Crippen molar-refractivity contribution in [3.05, 3.63) is 41.0 Å². The van der Waals surface area contributed by atoms with Crippen LogP contribution in [0.5, 0.6) is 0 Å². The second-order valence-corrected chi connectivity index (χ2v) is 3.76. The monoisotopic (exact) mass is 229 g/mol. The van der Waals surface area contributed by atoms with E-state index in [0.29, 0.717) is 11.3 Å². The van der Waals surface area contributed by atoms with Gasteiger partial charge < -0.3 is 0 Å². The first-order chi connectivity index (χ1) is 7.16. The number of alkyl halides is 2. The van der Waals surface area contributed by atoms with Gasteiger partial charge in [0.2, 0.25) is 0 Å². The summed E-state index contributed by atoms with van der Waals surface area (Å²) in [5.41, 5.74) is 1.09. The van der Waals surface area contributed by atoms with Crippen LogP contribution >= 0.6 is 11.5 Å². The van der Waals surface area contributed by atoms with E-state index in [1.807, 2.05) is 0 Å². The zero-order chi connectivity index (χ0) is 10.8. The Morgan fingerprint density at radius 3 is 2.33 bits per heavy atom. The van der Waals surface area contributed by atoms with Crippen LogP contribution in [0.15, 0.2) is 30.3 Å². The van der Waals surface area contributed by atoms with E-state index in [0.717, 1.165) is 11.5 Å². The molecule has 2 aromatic rings. The van der Waals surface area contributed by atoms with E-state index in [-0.39, 0.29) is 10.7 Å². The highest BCUT2D eigenvalue weighted by molar-refractivity contribution is 7.06. The molecule has 5 heteroatoms. The number of halogens is 3. The van der Waals surface area contributed by atoms with Gasteiger partial charge in [-0.15, -0.1) is 0 Å². The molecule has 0 spiro atoms. The largest absolute Gasteiger partial charge is 0.274 e. The lowest BCUT2D eigenvalue weighted by molar-refractivity contribution is 0.155. The molecule has 0 unspecified atom stereocenters. The summed E-state index contributed by atoms with van der Waals surface area (Å²) in [7, 11) is 0. The summed E-state index contributed by atoms with van der Waals surface area (Å²) < 4.78 is 41.0. The van der Waals surface area contributed by atoms with Crippen LogP contribution in [-0.4, -0.2) is 4.37 Å². The van der Waals surface area contributed by atoms with Crippen LogP contribution in [0.1, 0.15) is 11.3 Å². The normalized spacial score (nSPS) is 10.9. The van der Waals surface area contributed by atoms with Gasteiger partial charge in [-0.25, -0.2) is 13.2 Å². The Hall–Kier alpha value is -1.36. The topological polar surface area (TPSA) is 12.9 Å². The van der Waals surface area contributed by atoms with Crippen molar-refractivity contribution in [2.24, 2.45) is 0 Å². The van der Waals surface area contributed by atoms with Crippen LogP contribution < -0.4 is 0 Å². The van der Waals surface area contributed by atoms with Crippen LogP contribution in [0, 0.1) is 5.82 Å². The fourth-order valence-corrected chi connectivity index (χ4v) is 1.75. The third-order valence-corrected chi connectivity index (χ3v) is 2.68. The van der Waals surface area contributed by atoms with Gasteiger partial charge in [-0.1, -0.05) is 0 Å². The van der Waals surface area contributed by atoms with Gasteiger partial charge in [0.05, 0.1) is 10.6 Å². The molecule has 0 aliphatic carbocycles. The van der Waals surface area contributed by atoms with Crippen LogP contribution in [0.4, 0.5) is 13.2 Å². The van der Waals surface area contributed by atoms with E-state index < -0.39 is 6.43 Å². The predicted octanol–water partition coefficient (Wildman–Crippen LogP) is 3.89. The van der Waals surface area contributed by atoms with Gasteiger partial charge in [0, 0.05) is 5.56 Å². The number of hydrogen-bond acceptors (Lipinski definition) is 2. The molecule has 0 amide bonds. The summed E-state index contributed by atoms with van der Waals surface area (Å²) in [6, 6.07) is 6.90. The van der Waals surface area contributed by atoms with Gasteiger partial charge in [0.25, 0.3) is 6.43 Å². The van der Waals surface area contributed by atoms with Crippen molar-refractivity contribution in [3.8, 4) is 11.3 Å². The summed E-state index contributed by atoms with van der Waals surface area (Å²) in [5.74, 6) is -0.358. The quantitative estimate of drug-likeness (QED) is 0.761. The first kappa shape index (κ1) is 10.2. The van der Waals surface area contributed by atoms with Crippen LogP contribution in [-0.2, 0) is 0 Å². The van der Waals surface area contributed by atoms with Gasteiger partial charge >= 0.3 is 0 Å². The summed E-state index contributed by atoms with van der Waals surface area (Å²) in [4.78, 5) is -0.0747. The average molecular weight is 229 g/mol. The highest BCUT2D eigenvalue weighted by atomic mass is 32.1. The molecule has 15 heavy (non-hydrogen) atoms. The molecule has 78 valence electrons. The number of benzene rings is 1. The third kappa shape index (κ3) is 2.18. The lowest BCUT2D eigenvalue weighted by Gasteiger charge is -1.94. The highest BCUT2D eigenvalue weighted by Crippen LogP contribution is 2.28. The maximum Gasteiger partial charge on any atom is 0.274 e. The van der Waals surface area contributed by atoms with E-state index >= 15 is 0 Å². The SMILES string of the molecule is Fc1ccc(-c2cc(C(F)F)sn2)cc1. The van der Waals surface area contributed by atoms with E-state index in [9.17, 15) is 13.2 Å². The molecule has 0 atom stereocenters. The van der Waals surface area contributed by atoms with Gasteiger partial charge in [-0.05, 0) is 41.9 Å². The first-order valence-electron chi connectivity index (χ1n) is 4.17. The fourth-order valence-electron chi connectivity index (χ4n) is 1.15. The Morgan fingerprint density at radius 1 is 1.13 bits per heavy atom. The van der Waals surface area contributed by atoms with Crippen molar-refractivity contribution < 1.29 is 13.2 Å². The minimum absolute atomic E-state index is 0.0747.